The number of hydrogen-bond donors (Lipinski definition) is 1. The predicted octanol–water partition coefficient (Wildman–Crippen LogP) is 5.35. The van der Waals surface area contributed by atoms with Crippen molar-refractivity contribution in [3.05, 3.63) is 90.3 Å². The lowest BCUT2D eigenvalue weighted by Crippen LogP contribution is -2.13. The number of benzene rings is 3. The first-order chi connectivity index (χ1) is 15.2. The summed E-state index contributed by atoms with van der Waals surface area (Å²) < 4.78 is 11.2. The van der Waals surface area contributed by atoms with E-state index in [0.717, 1.165) is 28.1 Å². The van der Waals surface area contributed by atoms with Gasteiger partial charge in [0, 0.05) is 5.69 Å². The molecule has 4 rings (SSSR count). The van der Waals surface area contributed by atoms with Crippen molar-refractivity contribution in [2.24, 2.45) is 0 Å². The van der Waals surface area contributed by atoms with Crippen LogP contribution < -0.4 is 10.1 Å². The molecule has 0 atom stereocenters. The van der Waals surface area contributed by atoms with Crippen LogP contribution in [0.15, 0.2) is 88.5 Å². The molecule has 1 heterocycles. The summed E-state index contributed by atoms with van der Waals surface area (Å²) in [6.07, 6.45) is 0. The molecule has 6 nitrogen and oxygen atoms in total. The predicted molar refractivity (Wildman–Crippen MR) is 121 cm³/mol. The largest absolute Gasteiger partial charge is 0.484 e. The summed E-state index contributed by atoms with van der Waals surface area (Å²) in [5.41, 5.74) is 4.08. The molecule has 156 valence electrons. The van der Waals surface area contributed by atoms with Crippen molar-refractivity contribution in [1.82, 2.24) is 10.2 Å². The lowest BCUT2D eigenvalue weighted by Gasteiger charge is -2.06. The Morgan fingerprint density at radius 1 is 0.968 bits per heavy atom. The van der Waals surface area contributed by atoms with Gasteiger partial charge in [0.05, 0.1) is 5.75 Å². The van der Waals surface area contributed by atoms with Gasteiger partial charge in [-0.05, 0) is 47.9 Å². The minimum absolute atomic E-state index is 0.145. The van der Waals surface area contributed by atoms with Crippen molar-refractivity contribution in [2.45, 2.75) is 18.8 Å². The second-order valence-electron chi connectivity index (χ2n) is 6.85. The van der Waals surface area contributed by atoms with Gasteiger partial charge < -0.3 is 14.5 Å². The van der Waals surface area contributed by atoms with Gasteiger partial charge in [0.25, 0.3) is 11.1 Å². The molecule has 0 spiro atoms. The fourth-order valence-electron chi connectivity index (χ4n) is 2.91. The summed E-state index contributed by atoms with van der Waals surface area (Å²) in [5, 5.41) is 11.1. The fourth-order valence-corrected chi connectivity index (χ4v) is 3.49. The molecule has 0 aliphatic rings. The molecule has 0 aliphatic heterocycles. The third-order valence-electron chi connectivity index (χ3n) is 4.40. The Hall–Kier alpha value is -3.58. The SMILES string of the molecule is Cc1cccc(OCc2nnc(SCC(=O)Nc3ccc(-c4ccccc4)cc3)o2)c1. The second kappa shape index (κ2) is 9.95. The Morgan fingerprint density at radius 3 is 2.52 bits per heavy atom. The minimum atomic E-state index is -0.145. The minimum Gasteiger partial charge on any atom is -0.484 e. The number of nitrogens with one attached hydrogen (secondary N) is 1. The average Bonchev–Trinajstić information content (AvgIpc) is 3.25. The maximum Gasteiger partial charge on any atom is 0.277 e. The van der Waals surface area contributed by atoms with Crippen LogP contribution in [0.4, 0.5) is 5.69 Å². The van der Waals surface area contributed by atoms with Crippen LogP contribution in [0.25, 0.3) is 11.1 Å². The van der Waals surface area contributed by atoms with E-state index in [2.05, 4.69) is 27.6 Å². The van der Waals surface area contributed by atoms with E-state index in [4.69, 9.17) is 9.15 Å². The van der Waals surface area contributed by atoms with E-state index in [0.29, 0.717) is 11.1 Å². The van der Waals surface area contributed by atoms with Crippen LogP contribution in [0.3, 0.4) is 0 Å². The van der Waals surface area contributed by atoms with Crippen molar-refractivity contribution in [3.63, 3.8) is 0 Å². The second-order valence-corrected chi connectivity index (χ2v) is 7.77. The molecule has 1 N–H and O–H groups in total. The van der Waals surface area contributed by atoms with Crippen LogP contribution in [0.5, 0.6) is 5.75 Å². The van der Waals surface area contributed by atoms with Crippen molar-refractivity contribution in [2.75, 3.05) is 11.1 Å². The van der Waals surface area contributed by atoms with Gasteiger partial charge in [-0.15, -0.1) is 10.2 Å². The summed E-state index contributed by atoms with van der Waals surface area (Å²) >= 11 is 1.18. The van der Waals surface area contributed by atoms with Crippen LogP contribution in [0, 0.1) is 6.92 Å². The first-order valence-corrected chi connectivity index (χ1v) is 10.7. The lowest BCUT2D eigenvalue weighted by atomic mass is 10.1. The van der Waals surface area contributed by atoms with Gasteiger partial charge >= 0.3 is 0 Å². The Labute approximate surface area is 184 Å². The molecule has 0 bridgehead atoms. The van der Waals surface area contributed by atoms with Gasteiger partial charge in [0.2, 0.25) is 5.91 Å². The van der Waals surface area contributed by atoms with Crippen LogP contribution in [0.1, 0.15) is 11.5 Å². The highest BCUT2D eigenvalue weighted by Crippen LogP contribution is 2.22. The molecule has 0 aliphatic carbocycles. The Bertz CT molecular complexity index is 1140. The standard InChI is InChI=1S/C24H21N3O3S/c1-17-6-5-9-21(14-17)29-15-23-26-27-24(30-23)31-16-22(28)25-20-12-10-19(11-13-20)18-7-3-2-4-8-18/h2-14H,15-16H2,1H3,(H,25,28). The summed E-state index contributed by atoms with van der Waals surface area (Å²) in [6, 6.07) is 25.6. The molecule has 3 aromatic carbocycles. The van der Waals surface area contributed by atoms with Gasteiger partial charge in [-0.1, -0.05) is 66.4 Å². The van der Waals surface area contributed by atoms with Crippen molar-refractivity contribution < 1.29 is 13.9 Å². The van der Waals surface area contributed by atoms with E-state index in [1.807, 2.05) is 73.7 Å². The summed E-state index contributed by atoms with van der Waals surface area (Å²) in [4.78, 5) is 12.2. The number of nitrogens with zero attached hydrogens (tertiary/aromatic N) is 2. The average molecular weight is 432 g/mol. The highest BCUT2D eigenvalue weighted by Gasteiger charge is 2.11. The van der Waals surface area contributed by atoms with Gasteiger partial charge in [-0.25, -0.2) is 0 Å². The first-order valence-electron chi connectivity index (χ1n) is 9.76. The Balaban J connectivity index is 1.24. The topological polar surface area (TPSA) is 77.2 Å². The zero-order valence-corrected chi connectivity index (χ0v) is 17.8. The van der Waals surface area contributed by atoms with E-state index in [1.165, 1.54) is 11.8 Å². The number of amides is 1. The zero-order chi connectivity index (χ0) is 21.5. The van der Waals surface area contributed by atoms with Crippen molar-refractivity contribution >= 4 is 23.4 Å². The number of aryl methyl sites for hydroxylation is 1. The van der Waals surface area contributed by atoms with Crippen LogP contribution in [0.2, 0.25) is 0 Å². The van der Waals surface area contributed by atoms with Crippen molar-refractivity contribution in [3.8, 4) is 16.9 Å². The number of carbonyl (C=O) groups excluding carboxylic acids is 1. The van der Waals surface area contributed by atoms with Gasteiger partial charge in [-0.3, -0.25) is 4.79 Å². The van der Waals surface area contributed by atoms with Crippen LogP contribution >= 0.6 is 11.8 Å². The maximum atomic E-state index is 12.2. The number of rotatable bonds is 8. The Morgan fingerprint density at radius 2 is 1.74 bits per heavy atom. The smallest absolute Gasteiger partial charge is 0.277 e. The highest BCUT2D eigenvalue weighted by atomic mass is 32.2. The third kappa shape index (κ3) is 5.96. The maximum absolute atomic E-state index is 12.2. The molecule has 0 saturated heterocycles. The summed E-state index contributed by atoms with van der Waals surface area (Å²) in [7, 11) is 0. The van der Waals surface area contributed by atoms with Crippen LogP contribution in [-0.4, -0.2) is 21.9 Å². The molecule has 31 heavy (non-hydrogen) atoms. The molecule has 0 fully saturated rings. The molecular weight excluding hydrogens is 410 g/mol. The fraction of sp³-hybridized carbons (Fsp3) is 0.125. The quantitative estimate of drug-likeness (QED) is 0.379. The van der Waals surface area contributed by atoms with Gasteiger partial charge in [-0.2, -0.15) is 0 Å². The van der Waals surface area contributed by atoms with Gasteiger partial charge in [0.1, 0.15) is 5.75 Å². The zero-order valence-electron chi connectivity index (χ0n) is 16.9. The molecule has 1 amide bonds. The number of hydrogen-bond acceptors (Lipinski definition) is 6. The molecule has 0 radical (unpaired) electrons. The number of carbonyl (C=O) groups is 1. The highest BCUT2D eigenvalue weighted by molar-refractivity contribution is 7.99. The number of aromatic nitrogens is 2. The molecule has 7 heteroatoms. The summed E-state index contributed by atoms with van der Waals surface area (Å²) in [5.74, 6) is 1.13. The van der Waals surface area contributed by atoms with E-state index in [-0.39, 0.29) is 18.3 Å². The number of anilines is 1. The third-order valence-corrected chi connectivity index (χ3v) is 5.22. The number of thioether (sulfide) groups is 1. The normalized spacial score (nSPS) is 10.6. The van der Waals surface area contributed by atoms with E-state index in [1.54, 1.807) is 0 Å². The molecule has 0 saturated carbocycles. The van der Waals surface area contributed by atoms with Crippen LogP contribution in [-0.2, 0) is 11.4 Å². The molecule has 1 aromatic heterocycles. The molecule has 4 aromatic rings. The monoisotopic (exact) mass is 431 g/mol. The molecule has 0 unspecified atom stereocenters. The Kier molecular flexibility index (Phi) is 6.64. The van der Waals surface area contributed by atoms with E-state index < -0.39 is 0 Å². The van der Waals surface area contributed by atoms with E-state index >= 15 is 0 Å². The summed E-state index contributed by atoms with van der Waals surface area (Å²) in [6.45, 7) is 2.17. The van der Waals surface area contributed by atoms with Gasteiger partial charge in [0.15, 0.2) is 6.61 Å². The number of ether oxygens (including phenoxy) is 1. The lowest BCUT2D eigenvalue weighted by molar-refractivity contribution is -0.113. The molecular formula is C24H21N3O3S. The van der Waals surface area contributed by atoms with Crippen molar-refractivity contribution in [1.29, 1.82) is 0 Å². The first kappa shape index (κ1) is 20.7. The van der Waals surface area contributed by atoms with E-state index in [9.17, 15) is 4.79 Å².